The van der Waals surface area contributed by atoms with Crippen molar-refractivity contribution in [3.63, 3.8) is 0 Å². The number of carbonyl (C=O) groups is 2. The zero-order valence-electron chi connectivity index (χ0n) is 15.9. The van der Waals surface area contributed by atoms with Gasteiger partial charge < -0.3 is 14.6 Å². The summed E-state index contributed by atoms with van der Waals surface area (Å²) in [6.45, 7) is 4.51. The Morgan fingerprint density at radius 2 is 1.96 bits per heavy atom. The van der Waals surface area contributed by atoms with Gasteiger partial charge in [-0.05, 0) is 23.6 Å². The highest BCUT2D eigenvalue weighted by Crippen LogP contribution is 2.27. The van der Waals surface area contributed by atoms with E-state index in [9.17, 15) is 9.59 Å². The number of esters is 1. The minimum Gasteiger partial charge on any atom is -0.464 e. The number of hydrogen-bond donors (Lipinski definition) is 1. The van der Waals surface area contributed by atoms with Crippen molar-refractivity contribution in [2.24, 2.45) is 5.92 Å². The molecule has 0 fully saturated rings. The molecule has 0 radical (unpaired) electrons. The summed E-state index contributed by atoms with van der Waals surface area (Å²) in [4.78, 5) is 30.8. The molecule has 1 N–H and O–H groups in total. The first kappa shape index (κ1) is 19.8. The molecule has 0 aliphatic carbocycles. The van der Waals surface area contributed by atoms with Crippen molar-refractivity contribution < 1.29 is 14.3 Å². The molecule has 146 valence electrons. The Labute approximate surface area is 168 Å². The van der Waals surface area contributed by atoms with Gasteiger partial charge in [0, 0.05) is 17.3 Å². The van der Waals surface area contributed by atoms with Gasteiger partial charge in [-0.3, -0.25) is 4.79 Å². The average molecular weight is 398 g/mol. The Hall–Kier alpha value is -2.93. The molecule has 3 rings (SSSR count). The van der Waals surface area contributed by atoms with Gasteiger partial charge in [-0.2, -0.15) is 0 Å². The number of hydrogen-bond acceptors (Lipinski definition) is 5. The van der Waals surface area contributed by atoms with Crippen LogP contribution in [-0.4, -0.2) is 34.1 Å². The third kappa shape index (κ3) is 5.29. The summed E-state index contributed by atoms with van der Waals surface area (Å²) >= 11 is 1.39. The van der Waals surface area contributed by atoms with Gasteiger partial charge in [0.2, 0.25) is 0 Å². The standard InChI is InChI=1S/C21H23N3O3S/c1-15(2)13-27-21(26)17(12-24-11-10-22-14-24)23-20(25)19-9-8-18(28-19)16-6-4-3-5-7-16/h3-11,14-15,17H,12-13H2,1-2H3,(H,23,25)/t17-/m0/s1. The summed E-state index contributed by atoms with van der Waals surface area (Å²) in [5, 5.41) is 2.81. The smallest absolute Gasteiger partial charge is 0.330 e. The SMILES string of the molecule is CC(C)COC(=O)[C@H](Cn1ccnc1)NC(=O)c1ccc(-c2ccccc2)s1. The van der Waals surface area contributed by atoms with Gasteiger partial charge in [-0.1, -0.05) is 44.2 Å². The molecule has 0 saturated carbocycles. The zero-order valence-corrected chi connectivity index (χ0v) is 16.7. The Morgan fingerprint density at radius 3 is 2.64 bits per heavy atom. The van der Waals surface area contributed by atoms with Crippen molar-refractivity contribution in [2.75, 3.05) is 6.61 Å². The van der Waals surface area contributed by atoms with Crippen LogP contribution in [0.2, 0.25) is 0 Å². The highest BCUT2D eigenvalue weighted by molar-refractivity contribution is 7.17. The number of nitrogens with one attached hydrogen (secondary N) is 1. The maximum atomic E-state index is 12.7. The molecule has 6 nitrogen and oxygen atoms in total. The van der Waals surface area contributed by atoms with Crippen molar-refractivity contribution in [3.8, 4) is 10.4 Å². The van der Waals surface area contributed by atoms with E-state index in [1.807, 2.05) is 50.2 Å². The van der Waals surface area contributed by atoms with E-state index < -0.39 is 12.0 Å². The number of ether oxygens (including phenoxy) is 1. The molecule has 1 atom stereocenters. The van der Waals surface area contributed by atoms with Crippen LogP contribution in [0.3, 0.4) is 0 Å². The Kier molecular flexibility index (Phi) is 6.60. The minimum absolute atomic E-state index is 0.222. The number of nitrogens with zero attached hydrogens (tertiary/aromatic N) is 2. The van der Waals surface area contributed by atoms with Gasteiger partial charge in [0.05, 0.1) is 24.4 Å². The van der Waals surface area contributed by atoms with Gasteiger partial charge >= 0.3 is 5.97 Å². The first-order valence-electron chi connectivity index (χ1n) is 9.11. The summed E-state index contributed by atoms with van der Waals surface area (Å²) < 4.78 is 7.08. The molecular formula is C21H23N3O3S. The van der Waals surface area contributed by atoms with Crippen molar-refractivity contribution >= 4 is 23.2 Å². The highest BCUT2D eigenvalue weighted by atomic mass is 32.1. The largest absolute Gasteiger partial charge is 0.464 e. The number of thiophene rings is 1. The van der Waals surface area contributed by atoms with Crippen molar-refractivity contribution in [3.05, 3.63) is 66.1 Å². The van der Waals surface area contributed by atoms with E-state index in [1.54, 1.807) is 29.4 Å². The summed E-state index contributed by atoms with van der Waals surface area (Å²) in [5.41, 5.74) is 1.05. The number of aromatic nitrogens is 2. The predicted molar refractivity (Wildman–Crippen MR) is 109 cm³/mol. The monoisotopic (exact) mass is 397 g/mol. The van der Waals surface area contributed by atoms with Gasteiger partial charge in [0.15, 0.2) is 0 Å². The van der Waals surface area contributed by atoms with Crippen LogP contribution in [0.15, 0.2) is 61.2 Å². The third-order valence-electron chi connectivity index (χ3n) is 3.99. The second-order valence-corrected chi connectivity index (χ2v) is 7.92. The zero-order chi connectivity index (χ0) is 19.9. The van der Waals surface area contributed by atoms with Crippen LogP contribution >= 0.6 is 11.3 Å². The first-order valence-corrected chi connectivity index (χ1v) is 9.93. The molecule has 0 aliphatic heterocycles. The number of carbonyl (C=O) groups excluding carboxylic acids is 2. The lowest BCUT2D eigenvalue weighted by Gasteiger charge is -2.18. The van der Waals surface area contributed by atoms with E-state index in [1.165, 1.54) is 11.3 Å². The molecule has 0 aliphatic rings. The fourth-order valence-corrected chi connectivity index (χ4v) is 3.50. The summed E-state index contributed by atoms with van der Waals surface area (Å²) in [6.07, 6.45) is 4.98. The van der Waals surface area contributed by atoms with Gasteiger partial charge in [0.25, 0.3) is 5.91 Å². The van der Waals surface area contributed by atoms with Crippen molar-refractivity contribution in [2.45, 2.75) is 26.4 Å². The third-order valence-corrected chi connectivity index (χ3v) is 5.12. The molecule has 0 spiro atoms. The van der Waals surface area contributed by atoms with E-state index in [-0.39, 0.29) is 18.4 Å². The maximum absolute atomic E-state index is 12.7. The molecule has 1 amide bonds. The van der Waals surface area contributed by atoms with Crippen LogP contribution in [0.1, 0.15) is 23.5 Å². The van der Waals surface area contributed by atoms with Crippen molar-refractivity contribution in [1.29, 1.82) is 0 Å². The van der Waals surface area contributed by atoms with Gasteiger partial charge in [-0.25, -0.2) is 9.78 Å². The Bertz CT molecular complexity index is 904. The first-order chi connectivity index (χ1) is 13.5. The molecule has 7 heteroatoms. The predicted octanol–water partition coefficient (Wildman–Crippen LogP) is 3.61. The topological polar surface area (TPSA) is 73.2 Å². The van der Waals surface area contributed by atoms with E-state index in [0.717, 1.165) is 10.4 Å². The second kappa shape index (κ2) is 9.32. The van der Waals surface area contributed by atoms with E-state index >= 15 is 0 Å². The van der Waals surface area contributed by atoms with Crippen LogP contribution < -0.4 is 5.32 Å². The normalized spacial score (nSPS) is 12.0. The fraction of sp³-hybridized carbons (Fsp3) is 0.286. The van der Waals surface area contributed by atoms with Gasteiger partial charge in [0.1, 0.15) is 6.04 Å². The van der Waals surface area contributed by atoms with Crippen LogP contribution in [0.5, 0.6) is 0 Å². The average Bonchev–Trinajstić information content (AvgIpc) is 3.38. The lowest BCUT2D eigenvalue weighted by molar-refractivity contribution is -0.147. The summed E-state index contributed by atoms with van der Waals surface area (Å²) in [6, 6.07) is 12.8. The number of imidazole rings is 1. The second-order valence-electron chi connectivity index (χ2n) is 6.84. The van der Waals surface area contributed by atoms with Crippen molar-refractivity contribution in [1.82, 2.24) is 14.9 Å². The van der Waals surface area contributed by atoms with Crippen LogP contribution in [0.25, 0.3) is 10.4 Å². The molecule has 0 saturated heterocycles. The number of benzene rings is 1. The minimum atomic E-state index is -0.789. The van der Waals surface area contributed by atoms with Crippen LogP contribution in [0.4, 0.5) is 0 Å². The van der Waals surface area contributed by atoms with E-state index in [2.05, 4.69) is 10.3 Å². The molecule has 28 heavy (non-hydrogen) atoms. The number of amides is 1. The molecule has 0 unspecified atom stereocenters. The van der Waals surface area contributed by atoms with E-state index in [4.69, 9.17) is 4.74 Å². The van der Waals surface area contributed by atoms with Gasteiger partial charge in [-0.15, -0.1) is 11.3 Å². The highest BCUT2D eigenvalue weighted by Gasteiger charge is 2.24. The van der Waals surface area contributed by atoms with Crippen LogP contribution in [0, 0.1) is 5.92 Å². The lowest BCUT2D eigenvalue weighted by atomic mass is 10.2. The molecule has 1 aromatic carbocycles. The maximum Gasteiger partial charge on any atom is 0.330 e. The fourth-order valence-electron chi connectivity index (χ4n) is 2.58. The number of rotatable bonds is 8. The lowest BCUT2D eigenvalue weighted by Crippen LogP contribution is -2.44. The summed E-state index contributed by atoms with van der Waals surface area (Å²) in [5.74, 6) is -0.520. The molecule has 2 aromatic heterocycles. The molecule has 2 heterocycles. The Morgan fingerprint density at radius 1 is 1.18 bits per heavy atom. The molecule has 3 aromatic rings. The summed E-state index contributed by atoms with van der Waals surface area (Å²) in [7, 11) is 0. The van der Waals surface area contributed by atoms with Crippen LogP contribution in [-0.2, 0) is 16.1 Å². The quantitative estimate of drug-likeness (QED) is 0.590. The molecular weight excluding hydrogens is 374 g/mol. The Balaban J connectivity index is 1.71. The molecule has 0 bridgehead atoms. The van der Waals surface area contributed by atoms with E-state index in [0.29, 0.717) is 11.5 Å².